The largest absolute Gasteiger partial charge is 0.465 e. The first-order valence-corrected chi connectivity index (χ1v) is 8.49. The van der Waals surface area contributed by atoms with Crippen molar-refractivity contribution in [2.45, 2.75) is 40.7 Å². The Balaban J connectivity index is 2.31. The summed E-state index contributed by atoms with van der Waals surface area (Å²) in [4.78, 5) is 13.8. The van der Waals surface area contributed by atoms with Gasteiger partial charge in [0.2, 0.25) is 0 Å². The van der Waals surface area contributed by atoms with E-state index in [0.717, 1.165) is 15.1 Å². The van der Waals surface area contributed by atoms with Crippen LogP contribution in [-0.2, 0) is 0 Å². The third kappa shape index (κ3) is 3.40. The fraction of sp³-hybridized carbons (Fsp3) is 0.438. The normalized spacial score (nSPS) is 13.2. The van der Waals surface area contributed by atoms with Crippen LogP contribution in [0.4, 0.5) is 0 Å². The highest BCUT2D eigenvalue weighted by atomic mass is 79.9. The Morgan fingerprint density at radius 2 is 2.00 bits per heavy atom. The number of hydrogen-bond donors (Lipinski definition) is 1. The zero-order chi connectivity index (χ0) is 15.8. The van der Waals surface area contributed by atoms with Crippen molar-refractivity contribution < 1.29 is 9.21 Å². The predicted octanol–water partition coefficient (Wildman–Crippen LogP) is 5.24. The van der Waals surface area contributed by atoms with Gasteiger partial charge in [-0.05, 0) is 46.6 Å². The van der Waals surface area contributed by atoms with E-state index in [2.05, 4.69) is 48.1 Å². The summed E-state index contributed by atoms with van der Waals surface area (Å²) in [7, 11) is 0. The van der Waals surface area contributed by atoms with Gasteiger partial charge in [-0.1, -0.05) is 26.8 Å². The maximum Gasteiger partial charge on any atom is 0.256 e. The average Bonchev–Trinajstić information content (AvgIpc) is 2.95. The van der Waals surface area contributed by atoms with Crippen LogP contribution in [0, 0.1) is 19.3 Å². The highest BCUT2D eigenvalue weighted by Gasteiger charge is 2.30. The van der Waals surface area contributed by atoms with Crippen LogP contribution in [0.3, 0.4) is 0 Å². The van der Waals surface area contributed by atoms with E-state index in [-0.39, 0.29) is 17.4 Å². The minimum atomic E-state index is -0.107. The molecule has 2 heterocycles. The summed E-state index contributed by atoms with van der Waals surface area (Å²) in [6.07, 6.45) is 0. The van der Waals surface area contributed by atoms with E-state index in [9.17, 15) is 4.79 Å². The molecule has 21 heavy (non-hydrogen) atoms. The van der Waals surface area contributed by atoms with Gasteiger partial charge in [-0.2, -0.15) is 0 Å². The summed E-state index contributed by atoms with van der Waals surface area (Å²) in [6.45, 7) is 10.0. The molecule has 1 atom stereocenters. The van der Waals surface area contributed by atoms with Crippen molar-refractivity contribution in [2.24, 2.45) is 5.41 Å². The standard InChI is InChI=1S/C16H20BrNO2S/c1-9-12(13(17)10(2)20-9)15(19)18-14(16(3,4)5)11-7-6-8-21-11/h6-8,14H,1-5H3,(H,18,19). The van der Waals surface area contributed by atoms with Gasteiger partial charge in [0.25, 0.3) is 5.91 Å². The van der Waals surface area contributed by atoms with E-state index in [1.165, 1.54) is 0 Å². The molecule has 2 aromatic rings. The fourth-order valence-electron chi connectivity index (χ4n) is 2.29. The quantitative estimate of drug-likeness (QED) is 0.803. The first kappa shape index (κ1) is 16.3. The zero-order valence-corrected chi connectivity index (χ0v) is 15.3. The lowest BCUT2D eigenvalue weighted by Gasteiger charge is -2.30. The van der Waals surface area contributed by atoms with Crippen LogP contribution in [0.2, 0.25) is 0 Å². The minimum Gasteiger partial charge on any atom is -0.465 e. The van der Waals surface area contributed by atoms with Gasteiger partial charge in [-0.25, -0.2) is 0 Å². The molecule has 1 amide bonds. The molecule has 0 aliphatic rings. The number of amides is 1. The highest BCUT2D eigenvalue weighted by molar-refractivity contribution is 9.10. The zero-order valence-electron chi connectivity index (χ0n) is 12.9. The molecule has 0 aromatic carbocycles. The molecule has 0 bridgehead atoms. The molecule has 1 N–H and O–H groups in total. The molecule has 114 valence electrons. The molecule has 0 fully saturated rings. The van der Waals surface area contributed by atoms with Gasteiger partial charge in [0.05, 0.1) is 16.1 Å². The van der Waals surface area contributed by atoms with Crippen LogP contribution in [0.5, 0.6) is 0 Å². The summed E-state index contributed by atoms with van der Waals surface area (Å²) < 4.78 is 6.25. The van der Waals surface area contributed by atoms with Gasteiger partial charge >= 0.3 is 0 Å². The molecule has 3 nitrogen and oxygen atoms in total. The molecule has 2 aromatic heterocycles. The van der Waals surface area contributed by atoms with Crippen molar-refractivity contribution in [1.29, 1.82) is 0 Å². The van der Waals surface area contributed by atoms with Crippen molar-refractivity contribution in [3.63, 3.8) is 0 Å². The van der Waals surface area contributed by atoms with Crippen LogP contribution in [0.15, 0.2) is 26.4 Å². The Hall–Kier alpha value is -1.07. The van der Waals surface area contributed by atoms with Crippen LogP contribution < -0.4 is 5.32 Å². The molecule has 5 heteroatoms. The molecule has 1 unspecified atom stereocenters. The maximum atomic E-state index is 12.7. The smallest absolute Gasteiger partial charge is 0.256 e. The fourth-order valence-corrected chi connectivity index (χ4v) is 3.85. The van der Waals surface area contributed by atoms with Gasteiger partial charge in [0, 0.05) is 4.88 Å². The number of carbonyl (C=O) groups excluding carboxylic acids is 1. The van der Waals surface area contributed by atoms with Crippen molar-refractivity contribution in [1.82, 2.24) is 5.32 Å². The van der Waals surface area contributed by atoms with E-state index in [4.69, 9.17) is 4.42 Å². The van der Waals surface area contributed by atoms with Crippen LogP contribution >= 0.6 is 27.3 Å². The summed E-state index contributed by atoms with van der Waals surface area (Å²) in [6, 6.07) is 4.03. The van der Waals surface area contributed by atoms with Gasteiger partial charge in [-0.3, -0.25) is 4.79 Å². The number of halogens is 1. The minimum absolute atomic E-state index is 0.0356. The summed E-state index contributed by atoms with van der Waals surface area (Å²) in [5.41, 5.74) is 0.512. The average molecular weight is 370 g/mol. The molecule has 2 rings (SSSR count). The Morgan fingerprint density at radius 1 is 1.33 bits per heavy atom. The number of thiophene rings is 1. The molecular weight excluding hydrogens is 350 g/mol. The topological polar surface area (TPSA) is 42.2 Å². The van der Waals surface area contributed by atoms with E-state index >= 15 is 0 Å². The predicted molar refractivity (Wildman–Crippen MR) is 89.9 cm³/mol. The maximum absolute atomic E-state index is 12.7. The Morgan fingerprint density at radius 3 is 2.43 bits per heavy atom. The second-order valence-corrected chi connectivity index (χ2v) is 7.96. The number of hydrogen-bond acceptors (Lipinski definition) is 3. The number of furan rings is 1. The third-order valence-corrected chi connectivity index (χ3v) is 5.28. The first-order chi connectivity index (χ1) is 9.71. The number of carbonyl (C=O) groups is 1. The van der Waals surface area contributed by atoms with Crippen LogP contribution in [-0.4, -0.2) is 5.91 Å². The van der Waals surface area contributed by atoms with Gasteiger partial charge in [-0.15, -0.1) is 11.3 Å². The summed E-state index contributed by atoms with van der Waals surface area (Å²) >= 11 is 5.10. The van der Waals surface area contributed by atoms with E-state index < -0.39 is 0 Å². The van der Waals surface area contributed by atoms with E-state index in [1.807, 2.05) is 25.3 Å². The molecule has 0 radical (unpaired) electrons. The monoisotopic (exact) mass is 369 g/mol. The molecule has 0 spiro atoms. The van der Waals surface area contributed by atoms with Crippen molar-refractivity contribution in [3.8, 4) is 0 Å². The molecular formula is C16H20BrNO2S. The van der Waals surface area contributed by atoms with Crippen LogP contribution in [0.1, 0.15) is 53.6 Å². The van der Waals surface area contributed by atoms with Crippen LogP contribution in [0.25, 0.3) is 0 Å². The molecule has 0 aliphatic heterocycles. The lowest BCUT2D eigenvalue weighted by Crippen LogP contribution is -2.36. The number of nitrogens with one attached hydrogen (secondary N) is 1. The number of rotatable bonds is 3. The highest BCUT2D eigenvalue weighted by Crippen LogP contribution is 2.36. The number of aryl methyl sites for hydroxylation is 2. The second kappa shape index (κ2) is 5.97. The summed E-state index contributed by atoms with van der Waals surface area (Å²) in [5.74, 6) is 1.25. The van der Waals surface area contributed by atoms with E-state index in [0.29, 0.717) is 11.3 Å². The third-order valence-electron chi connectivity index (χ3n) is 3.38. The van der Waals surface area contributed by atoms with Gasteiger partial charge in [0.1, 0.15) is 11.5 Å². The molecule has 0 aliphatic carbocycles. The Bertz CT molecular complexity index is 638. The van der Waals surface area contributed by atoms with Gasteiger partial charge < -0.3 is 9.73 Å². The van der Waals surface area contributed by atoms with Crippen molar-refractivity contribution in [2.75, 3.05) is 0 Å². The molecule has 0 saturated carbocycles. The lowest BCUT2D eigenvalue weighted by atomic mass is 9.85. The second-order valence-electron chi connectivity index (χ2n) is 6.19. The van der Waals surface area contributed by atoms with E-state index in [1.54, 1.807) is 11.3 Å². The summed E-state index contributed by atoms with van der Waals surface area (Å²) in [5, 5.41) is 5.18. The Kier molecular flexibility index (Phi) is 4.63. The van der Waals surface area contributed by atoms with Gasteiger partial charge in [0.15, 0.2) is 0 Å². The van der Waals surface area contributed by atoms with Crippen molar-refractivity contribution >= 4 is 33.2 Å². The SMILES string of the molecule is Cc1oc(C)c(C(=O)NC(c2cccs2)C(C)(C)C)c1Br. The van der Waals surface area contributed by atoms with Crippen molar-refractivity contribution in [3.05, 3.63) is 43.9 Å². The molecule has 0 saturated heterocycles. The Labute approximate surface area is 137 Å². The first-order valence-electron chi connectivity index (χ1n) is 6.81. The lowest BCUT2D eigenvalue weighted by molar-refractivity contribution is 0.0901.